The number of carbonyl (C=O) groups is 1. The molecule has 0 aromatic heterocycles. The van der Waals surface area contributed by atoms with E-state index in [1.54, 1.807) is 0 Å². The minimum absolute atomic E-state index is 0.0207. The predicted molar refractivity (Wildman–Crippen MR) is 78.0 cm³/mol. The quantitative estimate of drug-likeness (QED) is 0.775. The summed E-state index contributed by atoms with van der Waals surface area (Å²) in [6.07, 6.45) is 1.19. The van der Waals surface area contributed by atoms with Crippen molar-refractivity contribution in [2.24, 2.45) is 5.41 Å². The molecule has 2 rings (SSSR count). The molecule has 1 aromatic rings. The monoisotopic (exact) mass is 334 g/mol. The predicted octanol–water partition coefficient (Wildman–Crippen LogP) is 2.53. The number of nitrogens with one attached hydrogen (secondary N) is 2. The molecule has 22 heavy (non-hydrogen) atoms. The number of carbonyl (C=O) groups excluding carboxylic acids is 1. The van der Waals surface area contributed by atoms with Crippen molar-refractivity contribution in [2.75, 3.05) is 31.7 Å². The number of urea groups is 1. The Morgan fingerprint density at radius 3 is 2.64 bits per heavy atom. The summed E-state index contributed by atoms with van der Waals surface area (Å²) in [6.45, 7) is 1.21. The lowest BCUT2D eigenvalue weighted by molar-refractivity contribution is 0.126. The van der Waals surface area contributed by atoms with E-state index < -0.39 is 23.4 Å². The molecule has 1 aromatic carbocycles. The summed E-state index contributed by atoms with van der Waals surface area (Å²) in [6, 6.07) is 1.10. The van der Waals surface area contributed by atoms with E-state index in [-0.39, 0.29) is 23.6 Å². The van der Waals surface area contributed by atoms with E-state index in [0.717, 1.165) is 12.1 Å². The van der Waals surface area contributed by atoms with Crippen LogP contribution in [0.25, 0.3) is 0 Å². The van der Waals surface area contributed by atoms with Crippen LogP contribution in [0.1, 0.15) is 12.8 Å². The summed E-state index contributed by atoms with van der Waals surface area (Å²) in [7, 11) is 0. The lowest BCUT2D eigenvalue weighted by atomic mass is 9.84. The van der Waals surface area contributed by atoms with Gasteiger partial charge in [-0.2, -0.15) is 0 Å². The Hall–Kier alpha value is -1.44. The number of halogens is 3. The minimum Gasteiger partial charge on any atom is -0.396 e. The largest absolute Gasteiger partial charge is 0.396 e. The fourth-order valence-electron chi connectivity index (χ4n) is 2.40. The fraction of sp³-hybridized carbons (Fsp3) is 0.500. The first-order valence-electron chi connectivity index (χ1n) is 6.84. The van der Waals surface area contributed by atoms with E-state index in [4.69, 9.17) is 21.4 Å². The first-order chi connectivity index (χ1) is 10.5. The summed E-state index contributed by atoms with van der Waals surface area (Å²) in [5.74, 6) is -1.90. The van der Waals surface area contributed by atoms with Crippen LogP contribution >= 0.6 is 11.6 Å². The Labute approximate surface area is 131 Å². The summed E-state index contributed by atoms with van der Waals surface area (Å²) in [5, 5.41) is 13.7. The van der Waals surface area contributed by atoms with Crippen molar-refractivity contribution in [2.45, 2.75) is 12.8 Å². The number of hydrogen-bond acceptors (Lipinski definition) is 3. The molecule has 2 amide bonds. The molecule has 1 aliphatic heterocycles. The van der Waals surface area contributed by atoms with Gasteiger partial charge in [0.15, 0.2) is 11.6 Å². The normalized spacial score (nSPS) is 20.9. The van der Waals surface area contributed by atoms with Crippen LogP contribution in [-0.4, -0.2) is 37.5 Å². The molecule has 0 bridgehead atoms. The van der Waals surface area contributed by atoms with Gasteiger partial charge in [0, 0.05) is 30.2 Å². The number of ether oxygens (including phenoxy) is 1. The van der Waals surface area contributed by atoms with Crippen LogP contribution in [-0.2, 0) is 4.74 Å². The van der Waals surface area contributed by atoms with Crippen molar-refractivity contribution >= 4 is 23.3 Å². The van der Waals surface area contributed by atoms with E-state index in [1.165, 1.54) is 0 Å². The molecule has 0 aliphatic carbocycles. The minimum atomic E-state index is -0.950. The molecule has 8 heteroatoms. The van der Waals surface area contributed by atoms with E-state index in [1.807, 2.05) is 0 Å². The van der Waals surface area contributed by atoms with Gasteiger partial charge in [0.25, 0.3) is 0 Å². The van der Waals surface area contributed by atoms with Gasteiger partial charge >= 0.3 is 6.03 Å². The van der Waals surface area contributed by atoms with Crippen LogP contribution < -0.4 is 10.6 Å². The third-order valence-corrected chi connectivity index (χ3v) is 3.91. The number of aliphatic hydroxyl groups is 1. The molecule has 0 radical (unpaired) electrons. The number of rotatable bonds is 5. The van der Waals surface area contributed by atoms with E-state index in [0.29, 0.717) is 26.1 Å². The third kappa shape index (κ3) is 4.06. The summed E-state index contributed by atoms with van der Waals surface area (Å²) >= 11 is 5.51. The van der Waals surface area contributed by atoms with Gasteiger partial charge in [0.2, 0.25) is 0 Å². The van der Waals surface area contributed by atoms with Crippen LogP contribution in [0.5, 0.6) is 0 Å². The zero-order valence-corrected chi connectivity index (χ0v) is 12.6. The highest BCUT2D eigenvalue weighted by molar-refractivity contribution is 6.30. The second-order valence-electron chi connectivity index (χ2n) is 5.33. The van der Waals surface area contributed by atoms with Gasteiger partial charge in [0.1, 0.15) is 5.69 Å². The fourth-order valence-corrected chi connectivity index (χ4v) is 2.59. The Balaban J connectivity index is 1.96. The zero-order chi connectivity index (χ0) is 16.2. The Kier molecular flexibility index (Phi) is 5.55. The lowest BCUT2D eigenvalue weighted by Crippen LogP contribution is -2.40. The lowest BCUT2D eigenvalue weighted by Gasteiger charge is -2.26. The van der Waals surface area contributed by atoms with Crippen molar-refractivity contribution < 1.29 is 23.4 Å². The Morgan fingerprint density at radius 1 is 1.41 bits per heavy atom. The smallest absolute Gasteiger partial charge is 0.319 e. The first kappa shape index (κ1) is 16.9. The highest BCUT2D eigenvalue weighted by atomic mass is 35.5. The average molecular weight is 335 g/mol. The maximum absolute atomic E-state index is 13.6. The summed E-state index contributed by atoms with van der Waals surface area (Å²) in [4.78, 5) is 11.8. The molecular weight excluding hydrogens is 318 g/mol. The summed E-state index contributed by atoms with van der Waals surface area (Å²) in [5.41, 5.74) is -0.899. The van der Waals surface area contributed by atoms with Gasteiger partial charge in [-0.3, -0.25) is 0 Å². The summed E-state index contributed by atoms with van der Waals surface area (Å²) < 4.78 is 32.5. The number of hydrogen-bond donors (Lipinski definition) is 3. The first-order valence-corrected chi connectivity index (χ1v) is 7.22. The van der Waals surface area contributed by atoms with E-state index in [2.05, 4.69) is 10.6 Å². The van der Waals surface area contributed by atoms with Crippen molar-refractivity contribution in [3.05, 3.63) is 28.8 Å². The molecule has 1 aliphatic rings. The van der Waals surface area contributed by atoms with Gasteiger partial charge in [-0.25, -0.2) is 13.6 Å². The molecule has 1 unspecified atom stereocenters. The van der Waals surface area contributed by atoms with Crippen molar-refractivity contribution in [1.82, 2.24) is 5.32 Å². The highest BCUT2D eigenvalue weighted by Gasteiger charge is 2.34. The van der Waals surface area contributed by atoms with Gasteiger partial charge in [-0.1, -0.05) is 11.6 Å². The second-order valence-corrected chi connectivity index (χ2v) is 5.76. The number of aliphatic hydroxyl groups excluding tert-OH is 1. The Bertz CT molecular complexity index is 528. The molecule has 1 fully saturated rings. The molecular formula is C14H17ClF2N2O3. The van der Waals surface area contributed by atoms with E-state index >= 15 is 0 Å². The molecule has 1 heterocycles. The number of benzene rings is 1. The van der Waals surface area contributed by atoms with Crippen molar-refractivity contribution in [3.63, 3.8) is 0 Å². The molecule has 0 saturated carbocycles. The SMILES string of the molecule is O=C(NCC1(CCO)CCOC1)Nc1c(F)cc(Cl)cc1F. The second kappa shape index (κ2) is 7.21. The van der Waals surface area contributed by atoms with Gasteiger partial charge in [0.05, 0.1) is 6.61 Å². The maximum Gasteiger partial charge on any atom is 0.319 e. The number of amides is 2. The molecule has 3 N–H and O–H groups in total. The van der Waals surface area contributed by atoms with Crippen LogP contribution in [0, 0.1) is 17.0 Å². The number of anilines is 1. The molecule has 0 spiro atoms. The zero-order valence-electron chi connectivity index (χ0n) is 11.8. The average Bonchev–Trinajstić information content (AvgIpc) is 2.90. The van der Waals surface area contributed by atoms with E-state index in [9.17, 15) is 13.6 Å². The van der Waals surface area contributed by atoms with Gasteiger partial charge in [-0.15, -0.1) is 0 Å². The standard InChI is InChI=1S/C14H17ClF2N2O3/c15-9-5-10(16)12(11(17)6-9)19-13(21)18-7-14(1-3-20)2-4-22-8-14/h5-6,20H,1-4,7-8H2,(H2,18,19,21). The van der Waals surface area contributed by atoms with Crippen LogP contribution in [0.3, 0.4) is 0 Å². The Morgan fingerprint density at radius 2 is 2.09 bits per heavy atom. The van der Waals surface area contributed by atoms with Gasteiger partial charge in [-0.05, 0) is 25.0 Å². The molecule has 1 atom stereocenters. The molecule has 5 nitrogen and oxygen atoms in total. The van der Waals surface area contributed by atoms with Crippen molar-refractivity contribution in [3.8, 4) is 0 Å². The van der Waals surface area contributed by atoms with Crippen molar-refractivity contribution in [1.29, 1.82) is 0 Å². The third-order valence-electron chi connectivity index (χ3n) is 3.70. The molecule has 122 valence electrons. The van der Waals surface area contributed by atoms with Crippen LogP contribution in [0.4, 0.5) is 19.3 Å². The van der Waals surface area contributed by atoms with Crippen LogP contribution in [0.2, 0.25) is 5.02 Å². The molecule has 1 saturated heterocycles. The maximum atomic E-state index is 13.6. The van der Waals surface area contributed by atoms with Crippen LogP contribution in [0.15, 0.2) is 12.1 Å². The highest BCUT2D eigenvalue weighted by Crippen LogP contribution is 2.31. The van der Waals surface area contributed by atoms with Gasteiger partial charge < -0.3 is 20.5 Å². The topological polar surface area (TPSA) is 70.6 Å².